The summed E-state index contributed by atoms with van der Waals surface area (Å²) >= 11 is 0. The molecule has 1 saturated heterocycles. The molecule has 0 bridgehead atoms. The largest absolute Gasteiger partial charge is 0.505 e. The lowest BCUT2D eigenvalue weighted by molar-refractivity contribution is -0.149. The van der Waals surface area contributed by atoms with E-state index in [0.717, 1.165) is 5.56 Å². The van der Waals surface area contributed by atoms with Gasteiger partial charge in [0.25, 0.3) is 0 Å². The van der Waals surface area contributed by atoms with E-state index in [0.29, 0.717) is 0 Å². The molecule has 2 aliphatic heterocycles. The van der Waals surface area contributed by atoms with Crippen LogP contribution in [-0.2, 0) is 19.0 Å². The normalized spacial score (nSPS) is 30.7. The van der Waals surface area contributed by atoms with Crippen molar-refractivity contribution in [3.8, 4) is 0 Å². The molecule has 6 nitrogen and oxygen atoms in total. The van der Waals surface area contributed by atoms with E-state index in [1.54, 1.807) is 0 Å². The molecule has 2 N–H and O–H groups in total. The molecule has 0 saturated carbocycles. The van der Waals surface area contributed by atoms with Crippen LogP contribution in [0.1, 0.15) is 11.9 Å². The number of rotatable bonds is 2. The van der Waals surface area contributed by atoms with E-state index < -0.39 is 36.0 Å². The highest BCUT2D eigenvalue weighted by atomic mass is 16.7. The smallest absolute Gasteiger partial charge is 0.377 e. The summed E-state index contributed by atoms with van der Waals surface area (Å²) in [5, 5.41) is 18.8. The highest BCUT2D eigenvalue weighted by Crippen LogP contribution is 2.33. The fraction of sp³-hybridized carbons (Fsp3) is 0.308. The maximum atomic E-state index is 11.1. The second kappa shape index (κ2) is 4.56. The van der Waals surface area contributed by atoms with Crippen molar-refractivity contribution in [1.29, 1.82) is 0 Å². The summed E-state index contributed by atoms with van der Waals surface area (Å²) in [5.74, 6) is -2.22. The summed E-state index contributed by atoms with van der Waals surface area (Å²) in [6, 6.07) is 9.28. The number of ether oxygens (including phenoxy) is 3. The fourth-order valence-corrected chi connectivity index (χ4v) is 2.08. The molecule has 0 spiro atoms. The van der Waals surface area contributed by atoms with Crippen LogP contribution in [0.3, 0.4) is 0 Å². The van der Waals surface area contributed by atoms with Crippen molar-refractivity contribution in [2.45, 2.75) is 18.5 Å². The van der Waals surface area contributed by atoms with Gasteiger partial charge in [-0.3, -0.25) is 0 Å². The molecule has 3 rings (SSSR count). The second-order valence-corrected chi connectivity index (χ2v) is 4.31. The summed E-state index contributed by atoms with van der Waals surface area (Å²) < 4.78 is 15.9. The summed E-state index contributed by atoms with van der Waals surface area (Å²) in [5.41, 5.74) is 0.835. The second-order valence-electron chi connectivity index (χ2n) is 4.31. The Balaban J connectivity index is 1.72. The number of aliphatic hydroxyl groups excluding tert-OH is 2. The molecule has 0 aromatic heterocycles. The molecule has 6 heteroatoms. The number of esters is 1. The van der Waals surface area contributed by atoms with E-state index in [4.69, 9.17) is 14.2 Å². The van der Waals surface area contributed by atoms with Gasteiger partial charge >= 0.3 is 5.97 Å². The van der Waals surface area contributed by atoms with Gasteiger partial charge in [-0.25, -0.2) is 4.79 Å². The monoisotopic (exact) mass is 264 g/mol. The van der Waals surface area contributed by atoms with Crippen LogP contribution in [-0.4, -0.2) is 35.0 Å². The van der Waals surface area contributed by atoms with Crippen molar-refractivity contribution in [2.75, 3.05) is 6.61 Å². The zero-order chi connectivity index (χ0) is 13.4. The van der Waals surface area contributed by atoms with Crippen molar-refractivity contribution in [3.05, 3.63) is 47.4 Å². The Kier molecular flexibility index (Phi) is 2.88. The first-order chi connectivity index (χ1) is 9.16. The average Bonchev–Trinajstić information content (AvgIpc) is 3.01. The van der Waals surface area contributed by atoms with Crippen molar-refractivity contribution in [1.82, 2.24) is 0 Å². The number of cyclic esters (lactones) is 1. The van der Waals surface area contributed by atoms with Crippen LogP contribution < -0.4 is 0 Å². The lowest BCUT2D eigenvalue weighted by Crippen LogP contribution is -2.30. The molecule has 1 aromatic rings. The van der Waals surface area contributed by atoms with E-state index in [1.165, 1.54) is 0 Å². The third-order valence-corrected chi connectivity index (χ3v) is 3.06. The number of hydrogen-bond acceptors (Lipinski definition) is 6. The summed E-state index contributed by atoms with van der Waals surface area (Å²) in [4.78, 5) is 11.1. The first-order valence-electron chi connectivity index (χ1n) is 5.82. The Morgan fingerprint density at radius 1 is 1.16 bits per heavy atom. The predicted octanol–water partition coefficient (Wildman–Crippen LogP) is 1.35. The molecule has 3 atom stereocenters. The summed E-state index contributed by atoms with van der Waals surface area (Å²) in [6.07, 6.45) is -2.22. The molecule has 0 radical (unpaired) electrons. The molecule has 1 fully saturated rings. The Morgan fingerprint density at radius 2 is 1.89 bits per heavy atom. The van der Waals surface area contributed by atoms with Gasteiger partial charge in [-0.2, -0.15) is 0 Å². The molecule has 19 heavy (non-hydrogen) atoms. The number of aliphatic hydroxyl groups is 2. The van der Waals surface area contributed by atoms with E-state index in [2.05, 4.69) is 0 Å². The summed E-state index contributed by atoms with van der Waals surface area (Å²) in [6.45, 7) is 0.162. The molecule has 0 aliphatic carbocycles. The SMILES string of the molecule is O=C1O[C@@H](C2COC(c3ccccc3)O2)C(O)=C1O. The Hall–Kier alpha value is -2.05. The molecule has 100 valence electrons. The molecule has 0 amide bonds. The number of hydrogen-bond donors (Lipinski definition) is 2. The number of benzene rings is 1. The van der Waals surface area contributed by atoms with E-state index in [9.17, 15) is 15.0 Å². The number of carbonyl (C=O) groups excluding carboxylic acids is 1. The average molecular weight is 264 g/mol. The zero-order valence-electron chi connectivity index (χ0n) is 9.85. The van der Waals surface area contributed by atoms with Crippen molar-refractivity contribution in [2.24, 2.45) is 0 Å². The standard InChI is InChI=1S/C13H12O6/c14-9-10(15)12(16)19-11(9)8-6-17-13(18-8)7-4-2-1-3-5-7/h1-5,8,11,13-15H,6H2/t8?,11-,13?/m0/s1. The highest BCUT2D eigenvalue weighted by molar-refractivity contribution is 5.89. The van der Waals surface area contributed by atoms with Crippen LogP contribution in [0.4, 0.5) is 0 Å². The van der Waals surface area contributed by atoms with Crippen molar-refractivity contribution >= 4 is 5.97 Å². The van der Waals surface area contributed by atoms with Gasteiger partial charge < -0.3 is 24.4 Å². The lowest BCUT2D eigenvalue weighted by atomic mass is 10.2. The Morgan fingerprint density at radius 3 is 2.53 bits per heavy atom. The third kappa shape index (κ3) is 2.05. The van der Waals surface area contributed by atoms with Gasteiger partial charge in [0.15, 0.2) is 18.2 Å². The van der Waals surface area contributed by atoms with Gasteiger partial charge in [0.2, 0.25) is 5.76 Å². The Labute approximate surface area is 108 Å². The maximum Gasteiger partial charge on any atom is 0.377 e. The van der Waals surface area contributed by atoms with Crippen LogP contribution in [0.5, 0.6) is 0 Å². The van der Waals surface area contributed by atoms with E-state index >= 15 is 0 Å². The topological polar surface area (TPSA) is 85.2 Å². The zero-order valence-corrected chi connectivity index (χ0v) is 9.85. The van der Waals surface area contributed by atoms with Crippen molar-refractivity contribution in [3.63, 3.8) is 0 Å². The fourth-order valence-electron chi connectivity index (χ4n) is 2.08. The van der Waals surface area contributed by atoms with Gasteiger partial charge in [-0.15, -0.1) is 0 Å². The van der Waals surface area contributed by atoms with Crippen LogP contribution >= 0.6 is 0 Å². The van der Waals surface area contributed by atoms with E-state index in [1.807, 2.05) is 30.3 Å². The molecule has 2 unspecified atom stereocenters. The Bertz CT molecular complexity index is 523. The summed E-state index contributed by atoms with van der Waals surface area (Å²) in [7, 11) is 0. The van der Waals surface area contributed by atoms with E-state index in [-0.39, 0.29) is 6.61 Å². The van der Waals surface area contributed by atoms with Gasteiger partial charge in [-0.1, -0.05) is 30.3 Å². The first kappa shape index (κ1) is 12.0. The minimum absolute atomic E-state index is 0.162. The molecule has 1 aromatic carbocycles. The van der Waals surface area contributed by atoms with Crippen LogP contribution in [0.2, 0.25) is 0 Å². The molecular weight excluding hydrogens is 252 g/mol. The number of carbonyl (C=O) groups is 1. The van der Waals surface area contributed by atoms with Gasteiger partial charge in [0.1, 0.15) is 6.10 Å². The highest BCUT2D eigenvalue weighted by Gasteiger charge is 2.44. The van der Waals surface area contributed by atoms with Gasteiger partial charge in [0, 0.05) is 5.56 Å². The predicted molar refractivity (Wildman–Crippen MR) is 62.2 cm³/mol. The van der Waals surface area contributed by atoms with Gasteiger partial charge in [0.05, 0.1) is 6.61 Å². The van der Waals surface area contributed by atoms with Crippen LogP contribution in [0.15, 0.2) is 41.9 Å². The third-order valence-electron chi connectivity index (χ3n) is 3.06. The minimum atomic E-state index is -1.01. The molecule has 2 heterocycles. The maximum absolute atomic E-state index is 11.1. The van der Waals surface area contributed by atoms with Crippen LogP contribution in [0, 0.1) is 0 Å². The van der Waals surface area contributed by atoms with Crippen LogP contribution in [0.25, 0.3) is 0 Å². The van der Waals surface area contributed by atoms with Crippen molar-refractivity contribution < 1.29 is 29.2 Å². The minimum Gasteiger partial charge on any atom is -0.505 e. The lowest BCUT2D eigenvalue weighted by Gasteiger charge is -2.16. The van der Waals surface area contributed by atoms with Gasteiger partial charge in [-0.05, 0) is 0 Å². The molecular formula is C13H12O6. The quantitative estimate of drug-likeness (QED) is 0.784. The first-order valence-corrected chi connectivity index (χ1v) is 5.82. The molecule has 2 aliphatic rings.